The molecule has 0 saturated heterocycles. The zero-order valence-corrected chi connectivity index (χ0v) is 11.4. The van der Waals surface area contributed by atoms with E-state index >= 15 is 0 Å². The summed E-state index contributed by atoms with van der Waals surface area (Å²) in [7, 11) is 0. The van der Waals surface area contributed by atoms with Gasteiger partial charge in [-0.05, 0) is 31.0 Å². The Bertz CT molecular complexity index is 506. The average molecular weight is 260 g/mol. The van der Waals surface area contributed by atoms with E-state index in [1.165, 1.54) is 0 Å². The van der Waals surface area contributed by atoms with Gasteiger partial charge in [-0.1, -0.05) is 19.1 Å². The molecule has 5 heteroatoms. The van der Waals surface area contributed by atoms with Crippen molar-refractivity contribution in [3.8, 4) is 5.75 Å². The Kier molecular flexibility index (Phi) is 4.52. The van der Waals surface area contributed by atoms with Crippen LogP contribution in [-0.2, 0) is 13.2 Å². The first-order valence-electron chi connectivity index (χ1n) is 6.59. The second-order valence-electron chi connectivity index (χ2n) is 4.36. The number of rotatable bonds is 6. The Labute approximate surface area is 113 Å². The van der Waals surface area contributed by atoms with E-state index in [2.05, 4.69) is 17.0 Å². The van der Waals surface area contributed by atoms with Crippen molar-refractivity contribution in [2.24, 2.45) is 5.73 Å². The topological polar surface area (TPSA) is 66.0 Å². The van der Waals surface area contributed by atoms with Crippen molar-refractivity contribution in [2.45, 2.75) is 39.5 Å². The van der Waals surface area contributed by atoms with Crippen molar-refractivity contribution in [1.82, 2.24) is 14.8 Å². The molecule has 0 spiro atoms. The van der Waals surface area contributed by atoms with Gasteiger partial charge >= 0.3 is 0 Å². The molecule has 0 aliphatic heterocycles. The fourth-order valence-electron chi connectivity index (χ4n) is 1.86. The predicted octanol–water partition coefficient (Wildman–Crippen LogP) is 2.29. The van der Waals surface area contributed by atoms with Crippen LogP contribution in [0.2, 0.25) is 0 Å². The summed E-state index contributed by atoms with van der Waals surface area (Å²) in [6, 6.07) is 7.99. The van der Waals surface area contributed by atoms with Crippen molar-refractivity contribution < 1.29 is 4.74 Å². The van der Waals surface area contributed by atoms with Crippen LogP contribution in [-0.4, -0.2) is 14.8 Å². The molecule has 102 valence electrons. The largest absolute Gasteiger partial charge is 0.486 e. The molecule has 19 heavy (non-hydrogen) atoms. The third-order valence-corrected chi connectivity index (χ3v) is 3.11. The Morgan fingerprint density at radius 2 is 2.00 bits per heavy atom. The number of ether oxygens (including phenoxy) is 1. The fraction of sp³-hybridized carbons (Fsp3) is 0.429. The lowest BCUT2D eigenvalue weighted by Gasteiger charge is -2.10. The van der Waals surface area contributed by atoms with Crippen molar-refractivity contribution >= 4 is 0 Å². The lowest BCUT2D eigenvalue weighted by Crippen LogP contribution is -2.09. The Hall–Kier alpha value is -1.88. The second-order valence-corrected chi connectivity index (χ2v) is 4.36. The summed E-state index contributed by atoms with van der Waals surface area (Å²) in [6.45, 7) is 5.32. The molecule has 1 aromatic carbocycles. The van der Waals surface area contributed by atoms with Gasteiger partial charge in [0.05, 0.1) is 0 Å². The molecule has 1 atom stereocenters. The minimum atomic E-state index is 0.0947. The lowest BCUT2D eigenvalue weighted by molar-refractivity contribution is 0.287. The van der Waals surface area contributed by atoms with Gasteiger partial charge < -0.3 is 10.5 Å². The molecule has 0 aliphatic rings. The molecule has 0 unspecified atom stereocenters. The zero-order valence-electron chi connectivity index (χ0n) is 11.4. The molecule has 2 aromatic rings. The summed E-state index contributed by atoms with van der Waals surface area (Å²) in [5.74, 6) is 1.65. The first-order chi connectivity index (χ1) is 9.24. The van der Waals surface area contributed by atoms with Gasteiger partial charge in [0.25, 0.3) is 0 Å². The van der Waals surface area contributed by atoms with Crippen LogP contribution in [0.1, 0.15) is 37.7 Å². The number of hydrogen-bond acceptors (Lipinski definition) is 4. The van der Waals surface area contributed by atoms with Crippen LogP contribution in [0.5, 0.6) is 5.75 Å². The third kappa shape index (κ3) is 3.32. The van der Waals surface area contributed by atoms with E-state index in [4.69, 9.17) is 10.5 Å². The Morgan fingerprint density at radius 3 is 2.63 bits per heavy atom. The van der Waals surface area contributed by atoms with Crippen LogP contribution in [0.4, 0.5) is 0 Å². The zero-order chi connectivity index (χ0) is 13.7. The SMILES string of the molecule is CC[C@H](N)c1ccc(OCc2ncnn2CC)cc1. The van der Waals surface area contributed by atoms with Crippen LogP contribution in [0.15, 0.2) is 30.6 Å². The first kappa shape index (κ1) is 13.5. The Morgan fingerprint density at radius 1 is 1.26 bits per heavy atom. The standard InChI is InChI=1S/C14H20N4O/c1-3-13(15)11-5-7-12(8-6-11)19-9-14-16-10-17-18(14)4-2/h5-8,10,13H,3-4,9,15H2,1-2H3/t13-/m0/s1. The van der Waals surface area contributed by atoms with Crippen LogP contribution in [0.25, 0.3) is 0 Å². The molecular formula is C14H20N4O. The molecular weight excluding hydrogens is 240 g/mol. The van der Waals surface area contributed by atoms with E-state index in [0.717, 1.165) is 30.1 Å². The summed E-state index contributed by atoms with van der Waals surface area (Å²) in [4.78, 5) is 4.17. The highest BCUT2D eigenvalue weighted by molar-refractivity contribution is 5.29. The molecule has 2 N–H and O–H groups in total. The Balaban J connectivity index is 1.96. The quantitative estimate of drug-likeness (QED) is 0.865. The number of nitrogens with zero attached hydrogens (tertiary/aromatic N) is 3. The first-order valence-corrected chi connectivity index (χ1v) is 6.59. The van der Waals surface area contributed by atoms with Crippen molar-refractivity contribution in [3.05, 3.63) is 42.0 Å². The fourth-order valence-corrected chi connectivity index (χ4v) is 1.86. The van der Waals surface area contributed by atoms with Crippen LogP contribution in [0.3, 0.4) is 0 Å². The van der Waals surface area contributed by atoms with Gasteiger partial charge in [0.15, 0.2) is 5.82 Å². The molecule has 0 saturated carbocycles. The summed E-state index contributed by atoms with van der Waals surface area (Å²) >= 11 is 0. The molecule has 0 fully saturated rings. The summed E-state index contributed by atoms with van der Waals surface area (Å²) in [6.07, 6.45) is 2.48. The predicted molar refractivity (Wildman–Crippen MR) is 73.7 cm³/mol. The molecule has 0 bridgehead atoms. The highest BCUT2D eigenvalue weighted by Crippen LogP contribution is 2.18. The molecule has 2 rings (SSSR count). The van der Waals surface area contributed by atoms with Crippen LogP contribution in [0, 0.1) is 0 Å². The van der Waals surface area contributed by atoms with Gasteiger partial charge in [-0.25, -0.2) is 9.67 Å². The van der Waals surface area contributed by atoms with Gasteiger partial charge in [0.2, 0.25) is 0 Å². The van der Waals surface area contributed by atoms with E-state index in [1.54, 1.807) is 6.33 Å². The number of aromatic nitrogens is 3. The van der Waals surface area contributed by atoms with E-state index < -0.39 is 0 Å². The van der Waals surface area contributed by atoms with Gasteiger partial charge in [0.1, 0.15) is 18.7 Å². The average Bonchev–Trinajstić information content (AvgIpc) is 2.92. The molecule has 5 nitrogen and oxygen atoms in total. The minimum Gasteiger partial charge on any atom is -0.486 e. The maximum absolute atomic E-state index is 5.97. The van der Waals surface area contributed by atoms with Gasteiger partial charge in [-0.2, -0.15) is 5.10 Å². The van der Waals surface area contributed by atoms with Crippen molar-refractivity contribution in [2.75, 3.05) is 0 Å². The molecule has 1 aromatic heterocycles. The van der Waals surface area contributed by atoms with Gasteiger partial charge in [-0.3, -0.25) is 0 Å². The van der Waals surface area contributed by atoms with Crippen molar-refractivity contribution in [3.63, 3.8) is 0 Å². The normalized spacial score (nSPS) is 12.4. The minimum absolute atomic E-state index is 0.0947. The number of benzene rings is 1. The van der Waals surface area contributed by atoms with Gasteiger partial charge in [-0.15, -0.1) is 0 Å². The van der Waals surface area contributed by atoms with Crippen molar-refractivity contribution in [1.29, 1.82) is 0 Å². The van der Waals surface area contributed by atoms with E-state index in [-0.39, 0.29) is 6.04 Å². The highest BCUT2D eigenvalue weighted by Gasteiger charge is 2.05. The third-order valence-electron chi connectivity index (χ3n) is 3.11. The number of aryl methyl sites for hydroxylation is 1. The number of hydrogen-bond donors (Lipinski definition) is 1. The summed E-state index contributed by atoms with van der Waals surface area (Å²) in [5.41, 5.74) is 7.10. The smallest absolute Gasteiger partial charge is 0.164 e. The number of nitrogens with two attached hydrogens (primary N) is 1. The van der Waals surface area contributed by atoms with Crippen LogP contribution < -0.4 is 10.5 Å². The summed E-state index contributed by atoms with van der Waals surface area (Å²) < 4.78 is 7.52. The monoisotopic (exact) mass is 260 g/mol. The van der Waals surface area contributed by atoms with E-state index in [1.807, 2.05) is 35.9 Å². The molecule has 0 aliphatic carbocycles. The maximum atomic E-state index is 5.97. The maximum Gasteiger partial charge on any atom is 0.164 e. The molecule has 0 radical (unpaired) electrons. The van der Waals surface area contributed by atoms with Gasteiger partial charge in [0, 0.05) is 12.6 Å². The van der Waals surface area contributed by atoms with Crippen LogP contribution >= 0.6 is 0 Å². The van der Waals surface area contributed by atoms with E-state index in [0.29, 0.717) is 6.61 Å². The summed E-state index contributed by atoms with van der Waals surface area (Å²) in [5, 5.41) is 4.10. The second kappa shape index (κ2) is 6.33. The lowest BCUT2D eigenvalue weighted by atomic mass is 10.1. The highest BCUT2D eigenvalue weighted by atomic mass is 16.5. The molecule has 0 amide bonds. The molecule has 1 heterocycles. The van der Waals surface area contributed by atoms with E-state index in [9.17, 15) is 0 Å².